The average molecular weight is 383 g/mol. The van der Waals surface area contributed by atoms with Gasteiger partial charge in [-0.25, -0.2) is 8.78 Å². The summed E-state index contributed by atoms with van der Waals surface area (Å²) in [5.41, 5.74) is 5.24. The first kappa shape index (κ1) is 16.0. The highest BCUT2D eigenvalue weighted by atomic mass is 127. The van der Waals surface area contributed by atoms with Crippen LogP contribution in [-0.2, 0) is 0 Å². The van der Waals surface area contributed by atoms with Crippen molar-refractivity contribution in [3.8, 4) is 0 Å². The monoisotopic (exact) mass is 382 g/mol. The highest BCUT2D eigenvalue weighted by molar-refractivity contribution is 14.1. The van der Waals surface area contributed by atoms with Gasteiger partial charge in [-0.1, -0.05) is 0 Å². The van der Waals surface area contributed by atoms with Crippen LogP contribution in [0, 0.1) is 2.88 Å². The van der Waals surface area contributed by atoms with Crippen molar-refractivity contribution in [2.45, 2.75) is 5.92 Å². The zero-order chi connectivity index (χ0) is 11.5. The van der Waals surface area contributed by atoms with Gasteiger partial charge in [-0.2, -0.15) is 0 Å². The lowest BCUT2D eigenvalue weighted by Crippen LogP contribution is -2.41. The van der Waals surface area contributed by atoms with Crippen molar-refractivity contribution in [3.63, 3.8) is 0 Å². The van der Waals surface area contributed by atoms with Gasteiger partial charge in [0.05, 0.1) is 21.5 Å². The maximum absolute atomic E-state index is 12.7. The molecule has 3 nitrogen and oxygen atoms in total. The molecular weight excluding hydrogens is 373 g/mol. The maximum atomic E-state index is 12.7. The number of hydrogen-bond donors (Lipinski definition) is 2. The van der Waals surface area contributed by atoms with Crippen molar-refractivity contribution >= 4 is 52.2 Å². The number of thiophene rings is 1. The van der Waals surface area contributed by atoms with Gasteiger partial charge in [0.1, 0.15) is 0 Å². The first-order valence-corrected chi connectivity index (χ1v) is 6.00. The van der Waals surface area contributed by atoms with E-state index in [0.717, 1.165) is 2.88 Å². The van der Waals surface area contributed by atoms with E-state index in [-0.39, 0.29) is 12.4 Å². The Hall–Kier alpha value is 0.01000. The predicted octanol–water partition coefficient (Wildman–Crippen LogP) is 2.10. The van der Waals surface area contributed by atoms with E-state index >= 15 is 0 Å². The molecule has 0 unspecified atom stereocenters. The zero-order valence-electron chi connectivity index (χ0n) is 8.00. The Bertz CT molecular complexity index is 362. The van der Waals surface area contributed by atoms with Crippen LogP contribution in [0.1, 0.15) is 10.4 Å². The van der Waals surface area contributed by atoms with Gasteiger partial charge in [0.15, 0.2) is 0 Å². The second-order valence-corrected chi connectivity index (χ2v) is 5.69. The maximum Gasteiger partial charge on any atom is 0.277 e. The molecule has 3 N–H and O–H groups in total. The lowest BCUT2D eigenvalue weighted by atomic mass is 10.3. The molecular formula is C8H10ClF2IN2OS. The number of hydrogen-bond acceptors (Lipinski definition) is 3. The molecule has 1 amide bonds. The van der Waals surface area contributed by atoms with Gasteiger partial charge in [0.2, 0.25) is 0 Å². The van der Waals surface area contributed by atoms with Crippen LogP contribution in [0.25, 0.3) is 0 Å². The number of amides is 1. The lowest BCUT2D eigenvalue weighted by Gasteiger charge is -2.13. The molecule has 1 heterocycles. The van der Waals surface area contributed by atoms with E-state index in [4.69, 9.17) is 5.73 Å². The molecule has 92 valence electrons. The highest BCUT2D eigenvalue weighted by Gasteiger charge is 2.27. The molecule has 0 saturated heterocycles. The third-order valence-electron chi connectivity index (χ3n) is 1.64. The summed E-state index contributed by atoms with van der Waals surface area (Å²) in [5, 5.41) is 3.76. The Morgan fingerprint density at radius 1 is 1.62 bits per heavy atom. The normalized spacial score (nSPS) is 10.8. The van der Waals surface area contributed by atoms with E-state index in [1.165, 1.54) is 11.3 Å². The lowest BCUT2D eigenvalue weighted by molar-refractivity contribution is 0.0119. The molecule has 0 atom stereocenters. The summed E-state index contributed by atoms with van der Waals surface area (Å²) in [6.45, 7) is -1.50. The Balaban J connectivity index is 0.00000225. The average Bonchev–Trinajstić information content (AvgIpc) is 2.61. The summed E-state index contributed by atoms with van der Waals surface area (Å²) in [6.07, 6.45) is 0. The Morgan fingerprint density at radius 2 is 2.25 bits per heavy atom. The third-order valence-corrected chi connectivity index (χ3v) is 3.42. The van der Waals surface area contributed by atoms with Crippen LogP contribution in [0.15, 0.2) is 11.4 Å². The molecule has 0 aliphatic carbocycles. The van der Waals surface area contributed by atoms with Crippen LogP contribution in [0.3, 0.4) is 0 Å². The molecule has 16 heavy (non-hydrogen) atoms. The van der Waals surface area contributed by atoms with E-state index in [2.05, 4.69) is 27.9 Å². The summed E-state index contributed by atoms with van der Waals surface area (Å²) in [4.78, 5) is 11.3. The smallest absolute Gasteiger partial charge is 0.277 e. The molecule has 0 aliphatic rings. The minimum Gasteiger partial charge on any atom is -0.346 e. The quantitative estimate of drug-likeness (QED) is 0.784. The summed E-state index contributed by atoms with van der Waals surface area (Å²) >= 11 is 3.44. The standard InChI is InChI=1S/C8H9F2IN2OS.ClH/c9-8(10,3-12)4-13-7(14)5-1-6(11)15-2-5;/h1-2H,3-4,12H2,(H,13,14);1H. The summed E-state index contributed by atoms with van der Waals surface area (Å²) in [5.74, 6) is -3.54. The van der Waals surface area contributed by atoms with Crippen molar-refractivity contribution in [1.82, 2.24) is 5.32 Å². The van der Waals surface area contributed by atoms with Gasteiger partial charge < -0.3 is 11.1 Å². The SMILES string of the molecule is Cl.NCC(F)(F)CNC(=O)c1csc(I)c1. The fourth-order valence-corrected chi connectivity index (χ4v) is 2.14. The van der Waals surface area contributed by atoms with Crippen LogP contribution in [0.4, 0.5) is 8.78 Å². The molecule has 0 aliphatic heterocycles. The Morgan fingerprint density at radius 3 is 2.69 bits per heavy atom. The molecule has 0 bridgehead atoms. The molecule has 0 aromatic carbocycles. The van der Waals surface area contributed by atoms with Gasteiger partial charge in [0, 0.05) is 5.38 Å². The molecule has 0 radical (unpaired) electrons. The zero-order valence-corrected chi connectivity index (χ0v) is 11.8. The number of halogens is 4. The second-order valence-electron chi connectivity index (χ2n) is 2.88. The molecule has 1 aromatic rings. The van der Waals surface area contributed by atoms with Crippen molar-refractivity contribution in [1.29, 1.82) is 0 Å². The topological polar surface area (TPSA) is 55.1 Å². The largest absolute Gasteiger partial charge is 0.346 e. The first-order chi connectivity index (χ1) is 6.94. The number of carbonyl (C=O) groups excluding carboxylic acids is 1. The van der Waals surface area contributed by atoms with Crippen molar-refractivity contribution in [2.24, 2.45) is 5.73 Å². The van der Waals surface area contributed by atoms with Gasteiger partial charge >= 0.3 is 0 Å². The summed E-state index contributed by atoms with van der Waals surface area (Å²) in [6, 6.07) is 1.64. The molecule has 0 saturated carbocycles. The minimum atomic E-state index is -3.04. The number of nitrogens with two attached hydrogens (primary N) is 1. The van der Waals surface area contributed by atoms with E-state index in [9.17, 15) is 13.6 Å². The highest BCUT2D eigenvalue weighted by Crippen LogP contribution is 2.16. The fraction of sp³-hybridized carbons (Fsp3) is 0.375. The van der Waals surface area contributed by atoms with Crippen LogP contribution in [-0.4, -0.2) is 24.9 Å². The van der Waals surface area contributed by atoms with Gasteiger partial charge in [0.25, 0.3) is 11.8 Å². The van der Waals surface area contributed by atoms with Gasteiger partial charge in [-0.3, -0.25) is 4.79 Å². The van der Waals surface area contributed by atoms with Gasteiger partial charge in [-0.05, 0) is 28.7 Å². The number of nitrogens with one attached hydrogen (secondary N) is 1. The Kier molecular flexibility index (Phi) is 6.68. The minimum absolute atomic E-state index is 0. The van der Waals surface area contributed by atoms with E-state index in [0.29, 0.717) is 5.56 Å². The first-order valence-electron chi connectivity index (χ1n) is 4.05. The van der Waals surface area contributed by atoms with E-state index < -0.39 is 24.9 Å². The van der Waals surface area contributed by atoms with Crippen LogP contribution < -0.4 is 11.1 Å². The third kappa shape index (κ3) is 4.89. The predicted molar refractivity (Wildman–Crippen MR) is 70.6 cm³/mol. The molecule has 1 rings (SSSR count). The number of rotatable bonds is 4. The summed E-state index contributed by atoms with van der Waals surface area (Å²) < 4.78 is 26.3. The molecule has 0 spiro atoms. The molecule has 8 heteroatoms. The van der Waals surface area contributed by atoms with Crippen molar-refractivity contribution < 1.29 is 13.6 Å². The van der Waals surface area contributed by atoms with Crippen LogP contribution in [0.5, 0.6) is 0 Å². The van der Waals surface area contributed by atoms with Crippen LogP contribution >= 0.6 is 46.3 Å². The fourth-order valence-electron chi connectivity index (χ4n) is 0.813. The van der Waals surface area contributed by atoms with E-state index in [1.54, 1.807) is 11.4 Å². The number of carbonyl (C=O) groups is 1. The van der Waals surface area contributed by atoms with Gasteiger partial charge in [-0.15, -0.1) is 23.7 Å². The Labute approximate surface area is 115 Å². The van der Waals surface area contributed by atoms with Crippen molar-refractivity contribution in [3.05, 3.63) is 19.9 Å². The number of alkyl halides is 2. The van der Waals surface area contributed by atoms with E-state index in [1.807, 2.05) is 0 Å². The summed E-state index contributed by atoms with van der Waals surface area (Å²) in [7, 11) is 0. The van der Waals surface area contributed by atoms with Crippen LogP contribution in [0.2, 0.25) is 0 Å². The molecule has 1 aromatic heterocycles. The second kappa shape index (κ2) is 6.67. The molecule has 0 fully saturated rings. The van der Waals surface area contributed by atoms with Crippen molar-refractivity contribution in [2.75, 3.05) is 13.1 Å².